The van der Waals surface area contributed by atoms with E-state index in [1.54, 1.807) is 5.56 Å². The van der Waals surface area contributed by atoms with Gasteiger partial charge in [0.1, 0.15) is 0 Å². The van der Waals surface area contributed by atoms with Crippen LogP contribution in [0.5, 0.6) is 0 Å². The number of fused-ring (bicyclic) bond motifs is 11. The molecule has 3 aromatic carbocycles. The molecule has 2 aliphatic rings. The largest absolute Gasteiger partial charge is 0.221 e. The average molecular weight is 350 g/mol. The van der Waals surface area contributed by atoms with Gasteiger partial charge in [-0.1, -0.05) is 62.4 Å². The first-order valence-electron chi connectivity index (χ1n) is 10.2. The standard InChI is InChI=1S/C26H24N/c1-3-25-17-26(25,4-2)27-23-16-10-8-12-19(23)18-11-5-6-13-20(18)24(27)21-14-7-9-15-22(21)25/h5-16H,3-4,17H2,1-2H3/q+1. The molecular formula is C26H24N+. The van der Waals surface area contributed by atoms with Crippen LogP contribution in [-0.2, 0) is 11.0 Å². The Kier molecular flexibility index (Phi) is 2.84. The predicted molar refractivity (Wildman–Crippen MR) is 112 cm³/mol. The zero-order valence-corrected chi connectivity index (χ0v) is 16.0. The summed E-state index contributed by atoms with van der Waals surface area (Å²) in [6, 6.07) is 27.1. The van der Waals surface area contributed by atoms with E-state index in [2.05, 4.69) is 91.2 Å². The Morgan fingerprint density at radius 3 is 2.19 bits per heavy atom. The molecule has 1 fully saturated rings. The molecule has 1 saturated carbocycles. The van der Waals surface area contributed by atoms with Crippen LogP contribution >= 0.6 is 0 Å². The molecular weight excluding hydrogens is 326 g/mol. The van der Waals surface area contributed by atoms with Crippen molar-refractivity contribution in [2.45, 2.75) is 44.1 Å². The molecule has 2 atom stereocenters. The van der Waals surface area contributed by atoms with E-state index in [1.165, 1.54) is 52.2 Å². The number of hydrogen-bond acceptors (Lipinski definition) is 0. The molecule has 1 heteroatoms. The highest BCUT2D eigenvalue weighted by Gasteiger charge is 2.77. The number of rotatable bonds is 2. The number of aromatic nitrogens is 1. The van der Waals surface area contributed by atoms with Gasteiger partial charge in [0.25, 0.3) is 0 Å². The van der Waals surface area contributed by atoms with Gasteiger partial charge in [-0.25, -0.2) is 0 Å². The van der Waals surface area contributed by atoms with Gasteiger partial charge in [0.15, 0.2) is 5.54 Å². The second-order valence-corrected chi connectivity index (χ2v) is 8.29. The lowest BCUT2D eigenvalue weighted by Crippen LogP contribution is -2.55. The summed E-state index contributed by atoms with van der Waals surface area (Å²) in [7, 11) is 0. The first kappa shape index (κ1) is 15.4. The quantitative estimate of drug-likeness (QED) is 0.303. The van der Waals surface area contributed by atoms with Gasteiger partial charge in [-0.2, -0.15) is 4.57 Å². The van der Waals surface area contributed by atoms with Gasteiger partial charge in [-0.05, 0) is 30.2 Å². The Bertz CT molecular complexity index is 1240. The minimum absolute atomic E-state index is 0.203. The second-order valence-electron chi connectivity index (χ2n) is 8.29. The van der Waals surface area contributed by atoms with Gasteiger partial charge >= 0.3 is 0 Å². The Morgan fingerprint density at radius 1 is 0.741 bits per heavy atom. The average Bonchev–Trinajstić information content (AvgIpc) is 3.45. The molecule has 4 aromatic rings. The monoisotopic (exact) mass is 350 g/mol. The zero-order valence-electron chi connectivity index (χ0n) is 16.0. The van der Waals surface area contributed by atoms with Crippen molar-refractivity contribution in [3.05, 3.63) is 78.4 Å². The SMILES string of the molecule is CCC12CC1(CC)[n+]1c(c3ccccc3c3ccccc31)-c1ccccc12. The van der Waals surface area contributed by atoms with Crippen molar-refractivity contribution in [3.8, 4) is 11.3 Å². The van der Waals surface area contributed by atoms with Crippen LogP contribution in [0.1, 0.15) is 38.7 Å². The summed E-state index contributed by atoms with van der Waals surface area (Å²) in [6.45, 7) is 4.76. The van der Waals surface area contributed by atoms with Crippen LogP contribution in [0.2, 0.25) is 0 Å². The summed E-state index contributed by atoms with van der Waals surface area (Å²) in [4.78, 5) is 0. The smallest absolute Gasteiger partial charge is 0.184 e. The third kappa shape index (κ3) is 1.60. The Labute approximate surface area is 160 Å². The predicted octanol–water partition coefficient (Wildman–Crippen LogP) is 6.12. The van der Waals surface area contributed by atoms with Crippen LogP contribution in [0.3, 0.4) is 0 Å². The van der Waals surface area contributed by atoms with Crippen molar-refractivity contribution in [1.82, 2.24) is 0 Å². The van der Waals surface area contributed by atoms with Crippen LogP contribution in [-0.4, -0.2) is 0 Å². The fourth-order valence-electron chi connectivity index (χ4n) is 6.24. The second kappa shape index (κ2) is 4.98. The molecule has 0 spiro atoms. The lowest BCUT2D eigenvalue weighted by molar-refractivity contribution is -0.711. The molecule has 1 aliphatic carbocycles. The lowest BCUT2D eigenvalue weighted by atomic mass is 9.78. The molecule has 0 saturated heterocycles. The highest BCUT2D eigenvalue weighted by Crippen LogP contribution is 2.68. The van der Waals surface area contributed by atoms with Crippen molar-refractivity contribution in [1.29, 1.82) is 0 Å². The van der Waals surface area contributed by atoms with Gasteiger partial charge in [0, 0.05) is 24.3 Å². The minimum Gasteiger partial charge on any atom is -0.184 e. The first-order chi connectivity index (χ1) is 13.3. The van der Waals surface area contributed by atoms with Crippen molar-refractivity contribution in [2.24, 2.45) is 0 Å². The van der Waals surface area contributed by atoms with Crippen molar-refractivity contribution >= 4 is 21.7 Å². The molecule has 132 valence electrons. The summed E-state index contributed by atoms with van der Waals surface area (Å²) in [6.07, 6.45) is 3.63. The van der Waals surface area contributed by atoms with E-state index < -0.39 is 0 Å². The fourth-order valence-corrected chi connectivity index (χ4v) is 6.24. The van der Waals surface area contributed by atoms with Crippen LogP contribution in [0.25, 0.3) is 32.9 Å². The van der Waals surface area contributed by atoms with Crippen LogP contribution < -0.4 is 4.57 Å². The van der Waals surface area contributed by atoms with E-state index in [9.17, 15) is 0 Å². The number of benzene rings is 3. The van der Waals surface area contributed by atoms with E-state index in [0.717, 1.165) is 0 Å². The summed E-state index contributed by atoms with van der Waals surface area (Å²) in [5, 5.41) is 4.12. The van der Waals surface area contributed by atoms with Crippen molar-refractivity contribution in [3.63, 3.8) is 0 Å². The molecule has 1 nitrogen and oxygen atoms in total. The molecule has 27 heavy (non-hydrogen) atoms. The summed E-state index contributed by atoms with van der Waals surface area (Å²) >= 11 is 0. The van der Waals surface area contributed by atoms with Crippen molar-refractivity contribution in [2.75, 3.05) is 0 Å². The first-order valence-corrected chi connectivity index (χ1v) is 10.2. The zero-order chi connectivity index (χ0) is 18.2. The van der Waals surface area contributed by atoms with Gasteiger partial charge in [-0.15, -0.1) is 0 Å². The van der Waals surface area contributed by atoms with Crippen LogP contribution in [0.15, 0.2) is 72.8 Å². The van der Waals surface area contributed by atoms with E-state index in [0.29, 0.717) is 0 Å². The van der Waals surface area contributed by atoms with Gasteiger partial charge in [-0.3, -0.25) is 0 Å². The van der Waals surface area contributed by atoms with Gasteiger partial charge < -0.3 is 0 Å². The molecule has 1 aromatic heterocycles. The highest BCUT2D eigenvalue weighted by molar-refractivity contribution is 6.09. The molecule has 0 bridgehead atoms. The van der Waals surface area contributed by atoms with Gasteiger partial charge in [0.05, 0.1) is 21.8 Å². The number of para-hydroxylation sites is 1. The van der Waals surface area contributed by atoms with Gasteiger partial charge in [0.2, 0.25) is 11.2 Å². The topological polar surface area (TPSA) is 3.88 Å². The third-order valence-corrected chi connectivity index (χ3v) is 7.52. The molecule has 2 unspecified atom stereocenters. The van der Waals surface area contributed by atoms with E-state index >= 15 is 0 Å². The lowest BCUT2D eigenvalue weighted by Gasteiger charge is -2.30. The fraction of sp³-hybridized carbons (Fsp3) is 0.269. The third-order valence-electron chi connectivity index (χ3n) is 7.52. The summed E-state index contributed by atoms with van der Waals surface area (Å²) in [5.74, 6) is 0. The number of hydrogen-bond donors (Lipinski definition) is 0. The molecule has 2 heterocycles. The molecule has 0 radical (unpaired) electrons. The normalized spacial score (nSPS) is 25.1. The molecule has 0 N–H and O–H groups in total. The number of pyridine rings is 1. The highest BCUT2D eigenvalue weighted by atomic mass is 15.2. The summed E-state index contributed by atoms with van der Waals surface area (Å²) < 4.78 is 2.73. The Hall–Kier alpha value is -2.67. The van der Waals surface area contributed by atoms with E-state index in [-0.39, 0.29) is 11.0 Å². The Balaban J connectivity index is 1.92. The van der Waals surface area contributed by atoms with Crippen LogP contribution in [0, 0.1) is 0 Å². The maximum atomic E-state index is 2.73. The van der Waals surface area contributed by atoms with Crippen LogP contribution in [0.4, 0.5) is 0 Å². The molecule has 6 rings (SSSR count). The maximum absolute atomic E-state index is 2.73. The maximum Gasteiger partial charge on any atom is 0.221 e. The Morgan fingerprint density at radius 2 is 1.41 bits per heavy atom. The van der Waals surface area contributed by atoms with E-state index in [1.807, 2.05) is 0 Å². The minimum atomic E-state index is 0.203. The summed E-state index contributed by atoms with van der Waals surface area (Å²) in [5.41, 5.74) is 6.29. The molecule has 0 amide bonds. The van der Waals surface area contributed by atoms with Crippen molar-refractivity contribution < 1.29 is 4.57 Å². The molecule has 1 aliphatic heterocycles. The number of nitrogens with zero attached hydrogens (tertiary/aromatic N) is 1. The van der Waals surface area contributed by atoms with E-state index in [4.69, 9.17) is 0 Å².